The number of aliphatic hydroxyl groups is 1. The molecule has 9 nitrogen and oxygen atoms in total. The maximum Gasteiger partial charge on any atom is 0.243 e. The molecule has 0 atom stereocenters. The Morgan fingerprint density at radius 1 is 0.895 bits per heavy atom. The van der Waals surface area contributed by atoms with Gasteiger partial charge in [0.15, 0.2) is 0 Å². The number of aliphatic imine (C=N–C) groups is 1. The van der Waals surface area contributed by atoms with Crippen molar-refractivity contribution in [1.82, 2.24) is 4.90 Å². The second-order valence-corrected chi connectivity index (χ2v) is 8.84. The molecule has 3 rings (SSSR count). The fourth-order valence-electron chi connectivity index (χ4n) is 4.67. The molecule has 0 radical (unpaired) electrons. The molecule has 0 saturated carbocycles. The molecule has 200 valence electrons. The summed E-state index contributed by atoms with van der Waals surface area (Å²) < 4.78 is 0. The highest BCUT2D eigenvalue weighted by Crippen LogP contribution is 2.39. The van der Waals surface area contributed by atoms with E-state index in [0.29, 0.717) is 18.8 Å². The van der Waals surface area contributed by atoms with Crippen molar-refractivity contribution >= 4 is 46.0 Å². The lowest BCUT2D eigenvalue weighted by atomic mass is 9.95. The molecule has 2 aliphatic carbocycles. The summed E-state index contributed by atoms with van der Waals surface area (Å²) >= 11 is 0. The Bertz CT molecular complexity index is 1340. The minimum atomic E-state index is -0.908. The van der Waals surface area contributed by atoms with Crippen LogP contribution in [0.1, 0.15) is 47.1 Å². The Balaban J connectivity index is 2.25. The molecule has 0 aromatic heterocycles. The third-order valence-corrected chi connectivity index (χ3v) is 6.50. The number of nitrogens with one attached hydrogen (secondary N) is 1. The van der Waals surface area contributed by atoms with Crippen molar-refractivity contribution in [3.05, 3.63) is 64.6 Å². The zero-order chi connectivity index (χ0) is 28.1. The highest BCUT2D eigenvalue weighted by atomic mass is 16.3. The number of anilines is 2. The number of carbonyl (C=O) groups is 4. The zero-order valence-electron chi connectivity index (χ0n) is 22.7. The number of likely N-dealkylation sites (N-methyl/N-ethyl adjacent to an activating group) is 1. The molecule has 0 fully saturated rings. The van der Waals surface area contributed by atoms with Crippen molar-refractivity contribution in [1.29, 1.82) is 0 Å². The van der Waals surface area contributed by atoms with E-state index in [2.05, 4.69) is 15.2 Å². The maximum absolute atomic E-state index is 13.3. The van der Waals surface area contributed by atoms with Crippen LogP contribution in [-0.2, 0) is 19.2 Å². The van der Waals surface area contributed by atoms with Crippen molar-refractivity contribution in [3.63, 3.8) is 0 Å². The second-order valence-electron chi connectivity index (χ2n) is 8.84. The van der Waals surface area contributed by atoms with Crippen LogP contribution >= 0.6 is 0 Å². The summed E-state index contributed by atoms with van der Waals surface area (Å²) in [6.45, 7) is 13.5. The molecular formula is C29H34N4O5. The highest BCUT2D eigenvalue weighted by molar-refractivity contribution is 6.63. The van der Waals surface area contributed by atoms with Crippen molar-refractivity contribution in [2.45, 2.75) is 41.5 Å². The van der Waals surface area contributed by atoms with E-state index < -0.39 is 23.2 Å². The third kappa shape index (κ3) is 5.51. The number of Topliss-reactive ketones (excluding diaryl/α,β-unsaturated/α-hetero) is 2. The molecule has 38 heavy (non-hydrogen) atoms. The number of allylic oxidation sites excluding steroid dienone is 6. The second kappa shape index (κ2) is 11.9. The highest BCUT2D eigenvalue weighted by Gasteiger charge is 2.41. The van der Waals surface area contributed by atoms with E-state index in [1.807, 2.05) is 32.6 Å². The van der Waals surface area contributed by atoms with Crippen molar-refractivity contribution < 1.29 is 24.3 Å². The number of ketones is 2. The lowest BCUT2D eigenvalue weighted by Crippen LogP contribution is -2.24. The number of aliphatic hydroxyl groups excluding tert-OH is 1. The van der Waals surface area contributed by atoms with Crippen LogP contribution in [0.15, 0.2) is 64.0 Å². The normalized spacial score (nSPS) is 18.3. The van der Waals surface area contributed by atoms with Gasteiger partial charge >= 0.3 is 0 Å². The van der Waals surface area contributed by atoms with Crippen LogP contribution in [0.2, 0.25) is 0 Å². The van der Waals surface area contributed by atoms with Gasteiger partial charge in [0.1, 0.15) is 5.76 Å². The van der Waals surface area contributed by atoms with Gasteiger partial charge in [-0.05, 0) is 64.1 Å². The fraction of sp³-hybridized carbons (Fsp3) is 0.345. The van der Waals surface area contributed by atoms with Crippen LogP contribution < -0.4 is 10.2 Å². The van der Waals surface area contributed by atoms with Gasteiger partial charge in [0.2, 0.25) is 23.4 Å². The smallest absolute Gasteiger partial charge is 0.243 e. The monoisotopic (exact) mass is 518 g/mol. The lowest BCUT2D eigenvalue weighted by molar-refractivity contribution is -0.130. The summed E-state index contributed by atoms with van der Waals surface area (Å²) in [5.74, 6) is -3.17. The molecule has 0 aliphatic heterocycles. The van der Waals surface area contributed by atoms with E-state index in [9.17, 15) is 24.3 Å². The molecule has 2 N–H and O–H groups in total. The fourth-order valence-corrected chi connectivity index (χ4v) is 4.67. The van der Waals surface area contributed by atoms with Crippen molar-refractivity contribution in [2.75, 3.05) is 36.4 Å². The Morgan fingerprint density at radius 2 is 1.50 bits per heavy atom. The molecule has 0 bridgehead atoms. The number of nitrogens with zero attached hydrogens (tertiary/aromatic N) is 3. The Kier molecular flexibility index (Phi) is 8.83. The number of benzene rings is 1. The van der Waals surface area contributed by atoms with Gasteiger partial charge in [0, 0.05) is 62.5 Å². The predicted octanol–water partition coefficient (Wildman–Crippen LogP) is 3.99. The van der Waals surface area contributed by atoms with Gasteiger partial charge in [0.25, 0.3) is 0 Å². The van der Waals surface area contributed by atoms with Gasteiger partial charge in [-0.1, -0.05) is 0 Å². The first-order valence-corrected chi connectivity index (χ1v) is 12.8. The molecule has 1 aromatic rings. The van der Waals surface area contributed by atoms with Crippen molar-refractivity contribution in [3.8, 4) is 0 Å². The summed E-state index contributed by atoms with van der Waals surface area (Å²) in [6, 6.07) is 5.11. The van der Waals surface area contributed by atoms with E-state index in [1.165, 1.54) is 13.8 Å². The number of amides is 2. The van der Waals surface area contributed by atoms with Crippen molar-refractivity contribution in [2.24, 2.45) is 4.99 Å². The van der Waals surface area contributed by atoms with Crippen LogP contribution in [0.5, 0.6) is 0 Å². The maximum atomic E-state index is 13.3. The van der Waals surface area contributed by atoms with E-state index in [-0.39, 0.29) is 33.9 Å². The van der Waals surface area contributed by atoms with E-state index in [0.717, 1.165) is 24.5 Å². The molecular weight excluding hydrogens is 484 g/mol. The first kappa shape index (κ1) is 28.3. The van der Waals surface area contributed by atoms with Crippen LogP contribution in [0, 0.1) is 0 Å². The summed E-state index contributed by atoms with van der Waals surface area (Å²) in [4.78, 5) is 58.6. The standard InChI is InChI=1S/C29H34N4O5/c1-7-32(8-2)19-11-13-21(23(15-19)30-17(5)34)25-27(36)26(29(38)28(25)37)22-14-12-20(33(9-3)10-4)16-24(22)31-18(6)35/h11-16,36H,7-10H2,1-6H3,(H,30,34)/b26-22-,31-24?. The van der Waals surface area contributed by atoms with Crippen LogP contribution in [-0.4, -0.2) is 65.3 Å². The summed E-state index contributed by atoms with van der Waals surface area (Å²) in [5, 5.41) is 14.0. The number of hydrogen-bond acceptors (Lipinski definition) is 7. The molecule has 0 unspecified atom stereocenters. The van der Waals surface area contributed by atoms with E-state index in [4.69, 9.17) is 0 Å². The Labute approximate surface area is 222 Å². The van der Waals surface area contributed by atoms with Gasteiger partial charge in [-0.3, -0.25) is 19.2 Å². The number of hydrogen-bond donors (Lipinski definition) is 2. The summed E-state index contributed by atoms with van der Waals surface area (Å²) in [7, 11) is 0. The molecule has 2 aliphatic rings. The molecule has 0 spiro atoms. The topological polar surface area (TPSA) is 119 Å². The average Bonchev–Trinajstić information content (AvgIpc) is 3.08. The quantitative estimate of drug-likeness (QED) is 0.394. The van der Waals surface area contributed by atoms with Gasteiger partial charge in [-0.25, -0.2) is 4.99 Å². The first-order valence-electron chi connectivity index (χ1n) is 12.8. The van der Waals surface area contributed by atoms with Crippen LogP contribution in [0.25, 0.3) is 5.57 Å². The van der Waals surface area contributed by atoms with Gasteiger partial charge < -0.3 is 20.2 Å². The first-order chi connectivity index (χ1) is 18.1. The number of rotatable bonds is 8. The van der Waals surface area contributed by atoms with E-state index >= 15 is 0 Å². The molecule has 9 heteroatoms. The zero-order valence-corrected chi connectivity index (χ0v) is 22.7. The summed E-state index contributed by atoms with van der Waals surface area (Å²) in [5.41, 5.74) is 2.08. The number of carbonyl (C=O) groups excluding carboxylic acids is 4. The molecule has 1 aromatic carbocycles. The summed E-state index contributed by atoms with van der Waals surface area (Å²) in [6.07, 6.45) is 5.02. The largest absolute Gasteiger partial charge is 0.506 e. The van der Waals surface area contributed by atoms with E-state index in [1.54, 1.807) is 36.4 Å². The third-order valence-electron chi connectivity index (χ3n) is 6.50. The molecule has 0 heterocycles. The van der Waals surface area contributed by atoms with Gasteiger partial charge in [-0.2, -0.15) is 0 Å². The molecule has 0 saturated heterocycles. The van der Waals surface area contributed by atoms with Crippen LogP contribution in [0.4, 0.5) is 11.4 Å². The van der Waals surface area contributed by atoms with Crippen LogP contribution in [0.3, 0.4) is 0 Å². The molecule has 2 amide bonds. The minimum absolute atomic E-state index is 0.183. The van der Waals surface area contributed by atoms with Gasteiger partial charge in [-0.15, -0.1) is 0 Å². The predicted molar refractivity (Wildman–Crippen MR) is 149 cm³/mol. The minimum Gasteiger partial charge on any atom is -0.506 e. The lowest BCUT2D eigenvalue weighted by Gasteiger charge is -2.25. The van der Waals surface area contributed by atoms with Gasteiger partial charge in [0.05, 0.1) is 22.5 Å². The average molecular weight is 519 g/mol. The Morgan fingerprint density at radius 3 is 2.05 bits per heavy atom. The Hall–Kier alpha value is -4.27. The SMILES string of the molecule is CCN(CC)C1=CC(=NC(C)=O)/C(=C2\C(=O)C(=O)C(c3ccc(N(CC)CC)cc3NC(C)=O)=C2O)C=C1.